The van der Waals surface area contributed by atoms with Crippen LogP contribution in [0.15, 0.2) is 28.7 Å². The van der Waals surface area contributed by atoms with Gasteiger partial charge in [-0.25, -0.2) is 0 Å². The van der Waals surface area contributed by atoms with E-state index in [0.717, 1.165) is 24.9 Å². The fraction of sp³-hybridized carbons (Fsp3) is 0.571. The normalized spacial score (nSPS) is 24.9. The van der Waals surface area contributed by atoms with Crippen LogP contribution in [0.25, 0.3) is 0 Å². The summed E-state index contributed by atoms with van der Waals surface area (Å²) in [7, 11) is 0. The van der Waals surface area contributed by atoms with Gasteiger partial charge in [-0.15, -0.1) is 0 Å². The fourth-order valence-electron chi connectivity index (χ4n) is 2.50. The van der Waals surface area contributed by atoms with E-state index in [1.807, 2.05) is 0 Å². The van der Waals surface area contributed by atoms with Gasteiger partial charge in [-0.2, -0.15) is 0 Å². The molecule has 0 bridgehead atoms. The molecule has 0 radical (unpaired) electrons. The molecule has 2 atom stereocenters. The van der Waals surface area contributed by atoms with Crippen molar-refractivity contribution in [3.8, 4) is 0 Å². The molecule has 0 heterocycles. The van der Waals surface area contributed by atoms with Crippen molar-refractivity contribution in [2.75, 3.05) is 6.54 Å². The molecule has 1 aromatic carbocycles. The van der Waals surface area contributed by atoms with Gasteiger partial charge in [0.05, 0.1) is 0 Å². The Morgan fingerprint density at radius 1 is 1.31 bits per heavy atom. The van der Waals surface area contributed by atoms with Crippen molar-refractivity contribution in [2.24, 2.45) is 5.92 Å². The Labute approximate surface area is 107 Å². The molecule has 88 valence electrons. The first-order chi connectivity index (χ1) is 7.75. The molecule has 2 rings (SSSR count). The zero-order chi connectivity index (χ0) is 11.4. The summed E-state index contributed by atoms with van der Waals surface area (Å²) in [6.07, 6.45) is 5.23. The second-order valence-corrected chi connectivity index (χ2v) is 5.77. The van der Waals surface area contributed by atoms with E-state index < -0.39 is 0 Å². The summed E-state index contributed by atoms with van der Waals surface area (Å²) < 4.78 is 1.23. The minimum Gasteiger partial charge on any atom is -0.314 e. The average molecular weight is 282 g/mol. The molecule has 1 aliphatic rings. The van der Waals surface area contributed by atoms with E-state index in [9.17, 15) is 0 Å². The SMILES string of the molecule is CC1CCC(NCCc2ccccc2Br)C1. The van der Waals surface area contributed by atoms with Crippen LogP contribution in [0.2, 0.25) is 0 Å². The standard InChI is InChI=1S/C14H20BrN/c1-11-6-7-13(10-11)16-9-8-12-4-2-3-5-14(12)15/h2-5,11,13,16H,6-10H2,1H3. The molecule has 1 aliphatic carbocycles. The fourth-order valence-corrected chi connectivity index (χ4v) is 2.99. The molecule has 0 saturated heterocycles. The molecule has 1 saturated carbocycles. The van der Waals surface area contributed by atoms with Crippen LogP contribution in [0, 0.1) is 5.92 Å². The highest BCUT2D eigenvalue weighted by atomic mass is 79.9. The summed E-state index contributed by atoms with van der Waals surface area (Å²) >= 11 is 3.59. The molecule has 1 nitrogen and oxygen atoms in total. The van der Waals surface area contributed by atoms with Crippen molar-refractivity contribution < 1.29 is 0 Å². The molecule has 0 aromatic heterocycles. The molecule has 16 heavy (non-hydrogen) atoms. The summed E-state index contributed by atoms with van der Waals surface area (Å²) in [5.74, 6) is 0.918. The maximum atomic E-state index is 3.67. The van der Waals surface area contributed by atoms with E-state index in [1.54, 1.807) is 0 Å². The Balaban J connectivity index is 1.74. The monoisotopic (exact) mass is 281 g/mol. The smallest absolute Gasteiger partial charge is 0.0207 e. The van der Waals surface area contributed by atoms with E-state index in [0.29, 0.717) is 0 Å². The van der Waals surface area contributed by atoms with Gasteiger partial charge in [0.2, 0.25) is 0 Å². The number of nitrogens with one attached hydrogen (secondary N) is 1. The van der Waals surface area contributed by atoms with Crippen LogP contribution in [0.1, 0.15) is 31.7 Å². The van der Waals surface area contributed by atoms with Gasteiger partial charge >= 0.3 is 0 Å². The van der Waals surface area contributed by atoms with Gasteiger partial charge < -0.3 is 5.32 Å². The van der Waals surface area contributed by atoms with E-state index in [2.05, 4.69) is 52.4 Å². The maximum absolute atomic E-state index is 3.67. The van der Waals surface area contributed by atoms with Gasteiger partial charge in [0.25, 0.3) is 0 Å². The van der Waals surface area contributed by atoms with Crippen LogP contribution in [-0.4, -0.2) is 12.6 Å². The van der Waals surface area contributed by atoms with Gasteiger partial charge in [-0.1, -0.05) is 41.1 Å². The zero-order valence-electron chi connectivity index (χ0n) is 9.88. The minimum atomic E-state index is 0.762. The number of rotatable bonds is 4. The van der Waals surface area contributed by atoms with Crippen molar-refractivity contribution in [3.63, 3.8) is 0 Å². The molecule has 1 aromatic rings. The number of hydrogen-bond donors (Lipinski definition) is 1. The van der Waals surface area contributed by atoms with Gasteiger partial charge in [-0.3, -0.25) is 0 Å². The van der Waals surface area contributed by atoms with E-state index in [-0.39, 0.29) is 0 Å². The number of benzene rings is 1. The largest absolute Gasteiger partial charge is 0.314 e. The topological polar surface area (TPSA) is 12.0 Å². The van der Waals surface area contributed by atoms with Crippen molar-refractivity contribution in [1.29, 1.82) is 0 Å². The van der Waals surface area contributed by atoms with E-state index in [1.165, 1.54) is 29.3 Å². The summed E-state index contributed by atoms with van der Waals surface area (Å²) in [5.41, 5.74) is 1.40. The summed E-state index contributed by atoms with van der Waals surface area (Å²) in [6, 6.07) is 9.26. The Hall–Kier alpha value is -0.340. The molecular weight excluding hydrogens is 262 g/mol. The van der Waals surface area contributed by atoms with Crippen molar-refractivity contribution in [2.45, 2.75) is 38.6 Å². The predicted molar refractivity (Wildman–Crippen MR) is 72.7 cm³/mol. The third kappa shape index (κ3) is 3.33. The summed E-state index contributed by atoms with van der Waals surface area (Å²) in [5, 5.41) is 3.67. The summed E-state index contributed by atoms with van der Waals surface area (Å²) in [4.78, 5) is 0. The molecule has 1 N–H and O–H groups in total. The van der Waals surface area contributed by atoms with Crippen molar-refractivity contribution in [1.82, 2.24) is 5.32 Å². The first-order valence-electron chi connectivity index (χ1n) is 6.22. The van der Waals surface area contributed by atoms with Gasteiger partial charge in [0, 0.05) is 10.5 Å². The van der Waals surface area contributed by atoms with Gasteiger partial charge in [0.15, 0.2) is 0 Å². The third-order valence-corrected chi connectivity index (χ3v) is 4.25. The van der Waals surface area contributed by atoms with E-state index in [4.69, 9.17) is 0 Å². The van der Waals surface area contributed by atoms with Crippen molar-refractivity contribution in [3.05, 3.63) is 34.3 Å². The number of halogens is 1. The first kappa shape index (κ1) is 12.1. The molecular formula is C14H20BrN. The zero-order valence-corrected chi connectivity index (χ0v) is 11.5. The molecule has 2 heteroatoms. The molecule has 0 amide bonds. The van der Waals surface area contributed by atoms with E-state index >= 15 is 0 Å². The Bertz CT molecular complexity index is 337. The van der Waals surface area contributed by atoms with Gasteiger partial charge in [-0.05, 0) is 49.8 Å². The second kappa shape index (κ2) is 5.83. The average Bonchev–Trinajstić information content (AvgIpc) is 2.67. The highest BCUT2D eigenvalue weighted by Gasteiger charge is 2.20. The van der Waals surface area contributed by atoms with Crippen LogP contribution in [0.4, 0.5) is 0 Å². The van der Waals surface area contributed by atoms with Crippen LogP contribution in [0.5, 0.6) is 0 Å². The summed E-state index contributed by atoms with van der Waals surface area (Å²) in [6.45, 7) is 3.45. The van der Waals surface area contributed by atoms with Gasteiger partial charge in [0.1, 0.15) is 0 Å². The predicted octanol–water partition coefficient (Wildman–Crippen LogP) is 3.77. The third-order valence-electron chi connectivity index (χ3n) is 3.48. The Morgan fingerprint density at radius 2 is 2.12 bits per heavy atom. The quantitative estimate of drug-likeness (QED) is 0.886. The van der Waals surface area contributed by atoms with Crippen LogP contribution in [-0.2, 0) is 6.42 Å². The molecule has 1 fully saturated rings. The van der Waals surface area contributed by atoms with Crippen LogP contribution >= 0.6 is 15.9 Å². The highest BCUT2D eigenvalue weighted by molar-refractivity contribution is 9.10. The number of hydrogen-bond acceptors (Lipinski definition) is 1. The second-order valence-electron chi connectivity index (χ2n) is 4.91. The lowest BCUT2D eigenvalue weighted by molar-refractivity contribution is 0.505. The lowest BCUT2D eigenvalue weighted by Gasteiger charge is -2.12. The Morgan fingerprint density at radius 3 is 2.81 bits per heavy atom. The molecule has 0 spiro atoms. The lowest BCUT2D eigenvalue weighted by Crippen LogP contribution is -2.28. The molecule has 0 aliphatic heterocycles. The maximum Gasteiger partial charge on any atom is 0.0207 e. The molecule has 2 unspecified atom stereocenters. The first-order valence-corrected chi connectivity index (χ1v) is 7.02. The van der Waals surface area contributed by atoms with Crippen LogP contribution in [0.3, 0.4) is 0 Å². The minimum absolute atomic E-state index is 0.762. The van der Waals surface area contributed by atoms with Crippen LogP contribution < -0.4 is 5.32 Å². The van der Waals surface area contributed by atoms with Crippen molar-refractivity contribution >= 4 is 15.9 Å². The Kier molecular flexibility index (Phi) is 4.42. The highest BCUT2D eigenvalue weighted by Crippen LogP contribution is 2.24. The lowest BCUT2D eigenvalue weighted by atomic mass is 10.1.